The van der Waals surface area contributed by atoms with Gasteiger partial charge in [0.05, 0.1) is 6.20 Å². The first-order valence-electron chi connectivity index (χ1n) is 5.36. The van der Waals surface area contributed by atoms with Crippen molar-refractivity contribution in [3.63, 3.8) is 0 Å². The number of rotatable bonds is 1. The van der Waals surface area contributed by atoms with Crippen LogP contribution in [0.5, 0.6) is 0 Å². The van der Waals surface area contributed by atoms with Gasteiger partial charge in [-0.05, 0) is 43.0 Å². The van der Waals surface area contributed by atoms with E-state index in [9.17, 15) is 0 Å². The van der Waals surface area contributed by atoms with E-state index < -0.39 is 0 Å². The van der Waals surface area contributed by atoms with Crippen LogP contribution in [0, 0.1) is 20.8 Å². The van der Waals surface area contributed by atoms with Crippen molar-refractivity contribution in [1.29, 1.82) is 0 Å². The lowest BCUT2D eigenvalue weighted by molar-refractivity contribution is 0.779. The topological polar surface area (TPSA) is 43.8 Å². The van der Waals surface area contributed by atoms with Crippen LogP contribution in [0.2, 0.25) is 0 Å². The summed E-state index contributed by atoms with van der Waals surface area (Å²) < 4.78 is 1.69. The van der Waals surface area contributed by atoms with Crippen LogP contribution in [0.3, 0.4) is 0 Å². The first-order chi connectivity index (χ1) is 7.50. The van der Waals surface area contributed by atoms with Gasteiger partial charge in [-0.25, -0.2) is 0 Å². The third-order valence-corrected chi connectivity index (χ3v) is 3.22. The van der Waals surface area contributed by atoms with Crippen molar-refractivity contribution in [2.24, 2.45) is 7.05 Å². The number of nitrogens with zero attached hydrogens (tertiary/aromatic N) is 2. The molecule has 0 bridgehead atoms. The number of anilines is 1. The van der Waals surface area contributed by atoms with Gasteiger partial charge in [-0.15, -0.1) is 0 Å². The van der Waals surface area contributed by atoms with Gasteiger partial charge < -0.3 is 5.73 Å². The van der Waals surface area contributed by atoms with Gasteiger partial charge >= 0.3 is 0 Å². The maximum absolute atomic E-state index is 5.97. The molecule has 0 aliphatic heterocycles. The van der Waals surface area contributed by atoms with Crippen LogP contribution in [-0.2, 0) is 7.05 Å². The molecule has 3 heteroatoms. The molecular weight excluding hydrogens is 198 g/mol. The Labute approximate surface area is 95.9 Å². The molecule has 0 unspecified atom stereocenters. The summed E-state index contributed by atoms with van der Waals surface area (Å²) in [6.45, 7) is 6.39. The molecule has 0 radical (unpaired) electrons. The summed E-state index contributed by atoms with van der Waals surface area (Å²) in [7, 11) is 1.85. The molecule has 2 rings (SSSR count). The molecule has 2 aromatic rings. The van der Waals surface area contributed by atoms with Crippen LogP contribution in [0.1, 0.15) is 16.7 Å². The Morgan fingerprint density at radius 2 is 1.69 bits per heavy atom. The van der Waals surface area contributed by atoms with Gasteiger partial charge in [0.1, 0.15) is 5.82 Å². The van der Waals surface area contributed by atoms with E-state index in [0.717, 1.165) is 11.1 Å². The lowest BCUT2D eigenvalue weighted by Gasteiger charge is -2.08. The number of aryl methyl sites for hydroxylation is 3. The van der Waals surface area contributed by atoms with Crippen molar-refractivity contribution in [3.8, 4) is 11.1 Å². The Morgan fingerprint density at radius 3 is 2.12 bits per heavy atom. The molecule has 0 spiro atoms. The SMILES string of the molecule is Cc1cc(-c2cnn(C)c2N)cc(C)c1C. The van der Waals surface area contributed by atoms with Gasteiger partial charge in [-0.1, -0.05) is 12.1 Å². The molecule has 0 fully saturated rings. The fraction of sp³-hybridized carbons (Fsp3) is 0.308. The quantitative estimate of drug-likeness (QED) is 0.794. The lowest BCUT2D eigenvalue weighted by Crippen LogP contribution is -1.98. The van der Waals surface area contributed by atoms with Crippen LogP contribution < -0.4 is 5.73 Å². The van der Waals surface area contributed by atoms with Crippen molar-refractivity contribution < 1.29 is 0 Å². The normalized spacial score (nSPS) is 10.8. The summed E-state index contributed by atoms with van der Waals surface area (Å²) in [6.07, 6.45) is 1.82. The van der Waals surface area contributed by atoms with Gasteiger partial charge in [0.15, 0.2) is 0 Å². The highest BCUT2D eigenvalue weighted by molar-refractivity contribution is 5.74. The second-order valence-corrected chi connectivity index (χ2v) is 4.30. The monoisotopic (exact) mass is 215 g/mol. The number of hydrogen-bond acceptors (Lipinski definition) is 2. The summed E-state index contributed by atoms with van der Waals surface area (Å²) in [4.78, 5) is 0. The predicted molar refractivity (Wildman–Crippen MR) is 67.3 cm³/mol. The molecule has 1 aromatic carbocycles. The fourth-order valence-electron chi connectivity index (χ4n) is 1.86. The standard InChI is InChI=1S/C13H17N3/c1-8-5-11(6-9(2)10(8)3)12-7-15-16(4)13(12)14/h5-7H,14H2,1-4H3. The summed E-state index contributed by atoms with van der Waals surface area (Å²) in [5.74, 6) is 0.711. The second-order valence-electron chi connectivity index (χ2n) is 4.30. The van der Waals surface area contributed by atoms with E-state index in [1.54, 1.807) is 4.68 Å². The molecule has 3 nitrogen and oxygen atoms in total. The minimum Gasteiger partial charge on any atom is -0.383 e. The van der Waals surface area contributed by atoms with Crippen LogP contribution in [-0.4, -0.2) is 9.78 Å². The summed E-state index contributed by atoms with van der Waals surface area (Å²) in [5.41, 5.74) is 12.0. The third kappa shape index (κ3) is 1.58. The zero-order valence-corrected chi connectivity index (χ0v) is 10.2. The average Bonchev–Trinajstić information content (AvgIpc) is 2.56. The molecule has 0 atom stereocenters. The smallest absolute Gasteiger partial charge is 0.129 e. The maximum atomic E-state index is 5.97. The van der Waals surface area contributed by atoms with Crippen molar-refractivity contribution in [2.45, 2.75) is 20.8 Å². The van der Waals surface area contributed by atoms with E-state index in [2.05, 4.69) is 38.0 Å². The first kappa shape index (κ1) is 10.7. The van der Waals surface area contributed by atoms with Crippen molar-refractivity contribution >= 4 is 5.82 Å². The number of hydrogen-bond donors (Lipinski definition) is 1. The maximum Gasteiger partial charge on any atom is 0.129 e. The van der Waals surface area contributed by atoms with E-state index in [1.807, 2.05) is 13.2 Å². The molecule has 1 heterocycles. The molecule has 0 aliphatic rings. The van der Waals surface area contributed by atoms with Gasteiger partial charge in [-0.3, -0.25) is 4.68 Å². The molecular formula is C13H17N3. The van der Waals surface area contributed by atoms with Crippen LogP contribution in [0.4, 0.5) is 5.82 Å². The number of nitrogens with two attached hydrogens (primary N) is 1. The van der Waals surface area contributed by atoms with Crippen molar-refractivity contribution in [3.05, 3.63) is 35.0 Å². The van der Waals surface area contributed by atoms with E-state index in [0.29, 0.717) is 5.82 Å². The highest BCUT2D eigenvalue weighted by Gasteiger charge is 2.09. The van der Waals surface area contributed by atoms with Gasteiger partial charge in [0, 0.05) is 12.6 Å². The lowest BCUT2D eigenvalue weighted by atomic mass is 9.98. The molecule has 0 aliphatic carbocycles. The van der Waals surface area contributed by atoms with E-state index in [4.69, 9.17) is 5.73 Å². The highest BCUT2D eigenvalue weighted by Crippen LogP contribution is 2.28. The zero-order chi connectivity index (χ0) is 11.9. The summed E-state index contributed by atoms with van der Waals surface area (Å²) >= 11 is 0. The first-order valence-corrected chi connectivity index (χ1v) is 5.36. The van der Waals surface area contributed by atoms with Gasteiger partial charge in [0.2, 0.25) is 0 Å². The van der Waals surface area contributed by atoms with Gasteiger partial charge in [-0.2, -0.15) is 5.10 Å². The Balaban J connectivity index is 2.61. The fourth-order valence-corrected chi connectivity index (χ4v) is 1.86. The number of benzene rings is 1. The molecule has 0 saturated carbocycles. The second kappa shape index (κ2) is 3.67. The van der Waals surface area contributed by atoms with E-state index in [1.165, 1.54) is 16.7 Å². The highest BCUT2D eigenvalue weighted by atomic mass is 15.3. The van der Waals surface area contributed by atoms with Crippen LogP contribution in [0.25, 0.3) is 11.1 Å². The molecule has 16 heavy (non-hydrogen) atoms. The Hall–Kier alpha value is -1.77. The van der Waals surface area contributed by atoms with Crippen molar-refractivity contribution in [1.82, 2.24) is 9.78 Å². The minimum absolute atomic E-state index is 0.711. The Bertz CT molecular complexity index is 515. The van der Waals surface area contributed by atoms with Gasteiger partial charge in [0.25, 0.3) is 0 Å². The molecule has 84 valence electrons. The predicted octanol–water partition coefficient (Wildman–Crippen LogP) is 2.59. The molecule has 2 N–H and O–H groups in total. The molecule has 0 saturated heterocycles. The van der Waals surface area contributed by atoms with Crippen LogP contribution in [0.15, 0.2) is 18.3 Å². The zero-order valence-electron chi connectivity index (χ0n) is 10.2. The van der Waals surface area contributed by atoms with Crippen molar-refractivity contribution in [2.75, 3.05) is 5.73 Å². The Morgan fingerprint density at radius 1 is 1.12 bits per heavy atom. The molecule has 0 amide bonds. The average molecular weight is 215 g/mol. The largest absolute Gasteiger partial charge is 0.383 e. The number of aromatic nitrogens is 2. The van der Waals surface area contributed by atoms with Crippen LogP contribution >= 0.6 is 0 Å². The number of nitrogen functional groups attached to an aromatic ring is 1. The third-order valence-electron chi connectivity index (χ3n) is 3.22. The summed E-state index contributed by atoms with van der Waals surface area (Å²) in [5, 5.41) is 4.17. The van der Waals surface area contributed by atoms with E-state index >= 15 is 0 Å². The molecule has 1 aromatic heterocycles. The minimum atomic E-state index is 0.711. The Kier molecular flexibility index (Phi) is 2.46. The van der Waals surface area contributed by atoms with E-state index in [-0.39, 0.29) is 0 Å². The summed E-state index contributed by atoms with van der Waals surface area (Å²) in [6, 6.07) is 4.32.